The number of piperidine rings is 1. The van der Waals surface area contributed by atoms with Gasteiger partial charge in [-0.05, 0) is 37.5 Å². The molecule has 2 saturated heterocycles. The third kappa shape index (κ3) is 5.36. The highest BCUT2D eigenvalue weighted by Gasteiger charge is 2.30. The van der Waals surface area contributed by atoms with Crippen LogP contribution in [0.1, 0.15) is 46.0 Å². The SMILES string of the molecule is CNC(=O)CC1CCN(C(=O)NC[C@@H]2CCCO[C@H]2C(C)C)CC1. The van der Waals surface area contributed by atoms with E-state index in [0.29, 0.717) is 30.7 Å². The van der Waals surface area contributed by atoms with Gasteiger partial charge in [0.2, 0.25) is 5.91 Å². The molecule has 6 nitrogen and oxygen atoms in total. The summed E-state index contributed by atoms with van der Waals surface area (Å²) >= 11 is 0. The van der Waals surface area contributed by atoms with Crippen LogP contribution in [-0.2, 0) is 9.53 Å². The second-order valence-corrected chi connectivity index (χ2v) is 7.48. The average molecular weight is 339 g/mol. The number of carbonyl (C=O) groups excluding carboxylic acids is 2. The molecule has 0 aliphatic carbocycles. The summed E-state index contributed by atoms with van der Waals surface area (Å²) in [6.07, 6.45) is 4.83. The molecule has 2 N–H and O–H groups in total. The van der Waals surface area contributed by atoms with E-state index in [1.165, 1.54) is 0 Å². The van der Waals surface area contributed by atoms with Crippen molar-refractivity contribution in [2.75, 3.05) is 33.3 Å². The molecule has 2 fully saturated rings. The molecule has 24 heavy (non-hydrogen) atoms. The van der Waals surface area contributed by atoms with Gasteiger partial charge in [-0.1, -0.05) is 13.8 Å². The fraction of sp³-hybridized carbons (Fsp3) is 0.889. The number of nitrogens with one attached hydrogen (secondary N) is 2. The Bertz CT molecular complexity index is 420. The van der Waals surface area contributed by atoms with Crippen LogP contribution in [0.3, 0.4) is 0 Å². The first-order valence-electron chi connectivity index (χ1n) is 9.36. The van der Waals surface area contributed by atoms with Crippen molar-refractivity contribution in [2.45, 2.75) is 52.1 Å². The molecule has 0 unspecified atom stereocenters. The van der Waals surface area contributed by atoms with Gasteiger partial charge in [-0.15, -0.1) is 0 Å². The van der Waals surface area contributed by atoms with Crippen LogP contribution in [0.2, 0.25) is 0 Å². The first-order valence-corrected chi connectivity index (χ1v) is 9.36. The van der Waals surface area contributed by atoms with Gasteiger partial charge < -0.3 is 20.3 Å². The molecule has 0 radical (unpaired) electrons. The van der Waals surface area contributed by atoms with E-state index in [2.05, 4.69) is 24.5 Å². The minimum absolute atomic E-state index is 0.0291. The Morgan fingerprint density at radius 2 is 1.92 bits per heavy atom. The molecule has 0 aromatic carbocycles. The third-order valence-corrected chi connectivity index (χ3v) is 5.32. The van der Waals surface area contributed by atoms with Gasteiger partial charge in [0.05, 0.1) is 6.10 Å². The standard InChI is InChI=1S/C18H33N3O3/c1-13(2)17-15(5-4-10-24-17)12-20-18(23)21-8-6-14(7-9-21)11-16(22)19-3/h13-15,17H,4-12H2,1-3H3,(H,19,22)(H,20,23)/t15-,17-/m0/s1. The van der Waals surface area contributed by atoms with Gasteiger partial charge in [-0.2, -0.15) is 0 Å². The minimum Gasteiger partial charge on any atom is -0.378 e. The number of carbonyl (C=O) groups is 2. The zero-order valence-corrected chi connectivity index (χ0v) is 15.3. The molecule has 0 aromatic rings. The number of ether oxygens (including phenoxy) is 1. The predicted octanol–water partition coefficient (Wildman–Crippen LogP) is 2.00. The van der Waals surface area contributed by atoms with E-state index in [9.17, 15) is 9.59 Å². The van der Waals surface area contributed by atoms with Crippen molar-refractivity contribution in [3.8, 4) is 0 Å². The number of nitrogens with zero attached hydrogens (tertiary/aromatic N) is 1. The van der Waals surface area contributed by atoms with Crippen molar-refractivity contribution in [1.82, 2.24) is 15.5 Å². The van der Waals surface area contributed by atoms with Crippen LogP contribution in [0.25, 0.3) is 0 Å². The Labute approximate surface area is 145 Å². The summed E-state index contributed by atoms with van der Waals surface area (Å²) in [6.45, 7) is 7.38. The maximum atomic E-state index is 12.4. The van der Waals surface area contributed by atoms with Crippen LogP contribution in [0, 0.1) is 17.8 Å². The van der Waals surface area contributed by atoms with Crippen molar-refractivity contribution in [3.05, 3.63) is 0 Å². The summed E-state index contributed by atoms with van der Waals surface area (Å²) in [5.41, 5.74) is 0. The highest BCUT2D eigenvalue weighted by molar-refractivity contribution is 5.76. The fourth-order valence-electron chi connectivity index (χ4n) is 3.85. The van der Waals surface area contributed by atoms with Gasteiger partial charge in [0.1, 0.15) is 0 Å². The van der Waals surface area contributed by atoms with Gasteiger partial charge >= 0.3 is 6.03 Å². The normalized spacial score (nSPS) is 25.6. The molecule has 6 heteroatoms. The lowest BCUT2D eigenvalue weighted by molar-refractivity contribution is -0.121. The topological polar surface area (TPSA) is 70.7 Å². The number of likely N-dealkylation sites (tertiary alicyclic amines) is 1. The highest BCUT2D eigenvalue weighted by Crippen LogP contribution is 2.26. The first-order chi connectivity index (χ1) is 11.5. The summed E-state index contributed by atoms with van der Waals surface area (Å²) in [4.78, 5) is 25.7. The van der Waals surface area contributed by atoms with Gasteiger partial charge in [-0.3, -0.25) is 4.79 Å². The zero-order chi connectivity index (χ0) is 17.5. The van der Waals surface area contributed by atoms with Gasteiger partial charge in [-0.25, -0.2) is 4.79 Å². The quantitative estimate of drug-likeness (QED) is 0.805. The van der Waals surface area contributed by atoms with Crippen molar-refractivity contribution in [1.29, 1.82) is 0 Å². The molecule has 0 spiro atoms. The van der Waals surface area contributed by atoms with Crippen LogP contribution in [0.15, 0.2) is 0 Å². The second-order valence-electron chi connectivity index (χ2n) is 7.48. The Morgan fingerprint density at radius 1 is 1.21 bits per heavy atom. The molecular formula is C18H33N3O3. The molecule has 2 aliphatic heterocycles. The van der Waals surface area contributed by atoms with Crippen molar-refractivity contribution in [3.63, 3.8) is 0 Å². The summed E-state index contributed by atoms with van der Waals surface area (Å²) in [5, 5.41) is 5.77. The molecule has 2 heterocycles. The molecule has 138 valence electrons. The first kappa shape index (κ1) is 19.0. The lowest BCUT2D eigenvalue weighted by Crippen LogP contribution is -2.48. The van der Waals surface area contributed by atoms with Gasteiger partial charge in [0.15, 0.2) is 0 Å². The Kier molecular flexibility index (Phi) is 7.34. The smallest absolute Gasteiger partial charge is 0.317 e. The lowest BCUT2D eigenvalue weighted by atomic mass is 9.87. The Morgan fingerprint density at radius 3 is 2.54 bits per heavy atom. The van der Waals surface area contributed by atoms with Crippen molar-refractivity contribution < 1.29 is 14.3 Å². The summed E-state index contributed by atoms with van der Waals surface area (Å²) < 4.78 is 5.89. The van der Waals surface area contributed by atoms with Crippen LogP contribution >= 0.6 is 0 Å². The molecular weight excluding hydrogens is 306 g/mol. The number of hydrogen-bond donors (Lipinski definition) is 2. The minimum atomic E-state index is 0.0291. The van der Waals surface area contributed by atoms with E-state index < -0.39 is 0 Å². The van der Waals surface area contributed by atoms with Gasteiger partial charge in [0, 0.05) is 45.6 Å². The van der Waals surface area contributed by atoms with E-state index in [0.717, 1.165) is 45.4 Å². The molecule has 2 aliphatic rings. The molecule has 2 atom stereocenters. The van der Waals surface area contributed by atoms with Crippen LogP contribution in [0.5, 0.6) is 0 Å². The maximum absolute atomic E-state index is 12.4. The highest BCUT2D eigenvalue weighted by atomic mass is 16.5. The van der Waals surface area contributed by atoms with Crippen LogP contribution < -0.4 is 10.6 Å². The van der Waals surface area contributed by atoms with Crippen molar-refractivity contribution >= 4 is 11.9 Å². The number of amides is 3. The largest absolute Gasteiger partial charge is 0.378 e. The zero-order valence-electron chi connectivity index (χ0n) is 15.3. The average Bonchev–Trinajstić information content (AvgIpc) is 2.60. The van der Waals surface area contributed by atoms with E-state index in [1.54, 1.807) is 7.05 Å². The Balaban J connectivity index is 1.72. The van der Waals surface area contributed by atoms with Gasteiger partial charge in [0.25, 0.3) is 0 Å². The lowest BCUT2D eigenvalue weighted by Gasteiger charge is -2.36. The van der Waals surface area contributed by atoms with Crippen LogP contribution in [0.4, 0.5) is 4.79 Å². The third-order valence-electron chi connectivity index (χ3n) is 5.32. The molecule has 2 rings (SSSR count). The Hall–Kier alpha value is -1.30. The molecule has 0 saturated carbocycles. The molecule has 0 aromatic heterocycles. The number of urea groups is 1. The number of hydrogen-bond acceptors (Lipinski definition) is 3. The monoisotopic (exact) mass is 339 g/mol. The van der Waals surface area contributed by atoms with E-state index >= 15 is 0 Å². The van der Waals surface area contributed by atoms with E-state index in [4.69, 9.17) is 4.74 Å². The van der Waals surface area contributed by atoms with E-state index in [-0.39, 0.29) is 18.0 Å². The molecule has 3 amide bonds. The molecule has 0 bridgehead atoms. The number of rotatable bonds is 5. The maximum Gasteiger partial charge on any atom is 0.317 e. The second kappa shape index (κ2) is 9.25. The van der Waals surface area contributed by atoms with Crippen LogP contribution in [-0.4, -0.2) is 56.2 Å². The summed E-state index contributed by atoms with van der Waals surface area (Å²) in [7, 11) is 1.67. The summed E-state index contributed by atoms with van der Waals surface area (Å²) in [6, 6.07) is 0.0291. The summed E-state index contributed by atoms with van der Waals surface area (Å²) in [5.74, 6) is 1.38. The van der Waals surface area contributed by atoms with Crippen molar-refractivity contribution in [2.24, 2.45) is 17.8 Å². The van der Waals surface area contributed by atoms with E-state index in [1.807, 2.05) is 4.90 Å². The fourth-order valence-corrected chi connectivity index (χ4v) is 3.85. The predicted molar refractivity (Wildman–Crippen MR) is 93.7 cm³/mol.